The molecule has 3 rings (SSSR count). The molecule has 30 heavy (non-hydrogen) atoms. The van der Waals surface area contributed by atoms with Gasteiger partial charge in [0.1, 0.15) is 0 Å². The molecule has 0 saturated carbocycles. The summed E-state index contributed by atoms with van der Waals surface area (Å²) in [4.78, 5) is 12.5. The third-order valence-electron chi connectivity index (χ3n) is 4.32. The summed E-state index contributed by atoms with van der Waals surface area (Å²) in [6.45, 7) is 0. The summed E-state index contributed by atoms with van der Waals surface area (Å²) in [6, 6.07) is 8.38. The molecule has 1 heterocycles. The molecule has 0 saturated heterocycles. The summed E-state index contributed by atoms with van der Waals surface area (Å²) in [5.74, 6) is 2.13. The van der Waals surface area contributed by atoms with Gasteiger partial charge in [-0.15, -0.1) is 10.2 Å². The molecule has 0 radical (unpaired) electrons. The van der Waals surface area contributed by atoms with Crippen LogP contribution in [-0.2, 0) is 7.05 Å². The molecule has 0 amide bonds. The third kappa shape index (κ3) is 4.50. The number of Topliss-reactive ketones (excluding diaryl/α,β-unsaturated/α-hetero) is 1. The number of rotatable bonds is 8. The Labute approximate surface area is 188 Å². The number of carbonyl (C=O) groups is 1. The lowest BCUT2D eigenvalue weighted by Crippen LogP contribution is -2.05. The molecule has 7 nitrogen and oxygen atoms in total. The van der Waals surface area contributed by atoms with Gasteiger partial charge in [0.2, 0.25) is 5.75 Å². The van der Waals surface area contributed by atoms with Gasteiger partial charge in [-0.2, -0.15) is 0 Å². The van der Waals surface area contributed by atoms with Crippen LogP contribution in [0.25, 0.3) is 11.4 Å². The summed E-state index contributed by atoms with van der Waals surface area (Å²) >= 11 is 13.3. The van der Waals surface area contributed by atoms with E-state index in [-0.39, 0.29) is 11.5 Å². The minimum atomic E-state index is -0.126. The van der Waals surface area contributed by atoms with E-state index in [4.69, 9.17) is 37.4 Å². The zero-order valence-electron chi connectivity index (χ0n) is 16.7. The van der Waals surface area contributed by atoms with Crippen LogP contribution in [0.15, 0.2) is 35.5 Å². The topological polar surface area (TPSA) is 75.5 Å². The van der Waals surface area contributed by atoms with Crippen LogP contribution in [0, 0.1) is 0 Å². The molecule has 0 aliphatic rings. The normalized spacial score (nSPS) is 10.7. The van der Waals surface area contributed by atoms with Crippen molar-refractivity contribution >= 4 is 40.7 Å². The maximum absolute atomic E-state index is 12.5. The van der Waals surface area contributed by atoms with E-state index in [1.54, 1.807) is 56.2 Å². The molecule has 0 spiro atoms. The van der Waals surface area contributed by atoms with Gasteiger partial charge in [-0.3, -0.25) is 4.79 Å². The molecule has 0 bridgehead atoms. The third-order valence-corrected chi connectivity index (χ3v) is 5.89. The number of ether oxygens (including phenoxy) is 3. The summed E-state index contributed by atoms with van der Waals surface area (Å²) < 4.78 is 18.0. The van der Waals surface area contributed by atoms with E-state index in [9.17, 15) is 4.79 Å². The van der Waals surface area contributed by atoms with Crippen LogP contribution >= 0.6 is 35.0 Å². The van der Waals surface area contributed by atoms with Crippen LogP contribution < -0.4 is 14.2 Å². The Balaban J connectivity index is 1.83. The van der Waals surface area contributed by atoms with E-state index in [2.05, 4.69) is 10.2 Å². The van der Waals surface area contributed by atoms with E-state index < -0.39 is 0 Å². The highest BCUT2D eigenvalue weighted by molar-refractivity contribution is 7.99. The Morgan fingerprint density at radius 3 is 2.27 bits per heavy atom. The van der Waals surface area contributed by atoms with Crippen molar-refractivity contribution in [1.82, 2.24) is 14.8 Å². The lowest BCUT2D eigenvalue weighted by Gasteiger charge is -2.14. The van der Waals surface area contributed by atoms with Crippen LogP contribution in [0.1, 0.15) is 10.4 Å². The van der Waals surface area contributed by atoms with E-state index in [0.717, 1.165) is 5.56 Å². The SMILES string of the molecule is COc1cc(-c2nnc(SCC(=O)c3ccc(Cl)cc3Cl)n2C)cc(OC)c1OC. The van der Waals surface area contributed by atoms with Crippen LogP contribution in [0.2, 0.25) is 10.0 Å². The first kappa shape index (κ1) is 22.3. The maximum Gasteiger partial charge on any atom is 0.203 e. The molecule has 158 valence electrons. The first-order valence-corrected chi connectivity index (χ1v) is 10.4. The molecule has 3 aromatic rings. The largest absolute Gasteiger partial charge is 0.493 e. The van der Waals surface area contributed by atoms with Crippen molar-refractivity contribution in [2.75, 3.05) is 27.1 Å². The quantitative estimate of drug-likeness (QED) is 0.348. The molecule has 0 N–H and O–H groups in total. The second kappa shape index (κ2) is 9.59. The molecule has 0 aliphatic heterocycles. The molecule has 0 aliphatic carbocycles. The summed E-state index contributed by atoms with van der Waals surface area (Å²) in [5.41, 5.74) is 1.15. The fourth-order valence-electron chi connectivity index (χ4n) is 2.83. The molecule has 0 fully saturated rings. The van der Waals surface area contributed by atoms with Gasteiger partial charge in [-0.05, 0) is 30.3 Å². The van der Waals surface area contributed by atoms with Gasteiger partial charge in [0, 0.05) is 23.2 Å². The van der Waals surface area contributed by atoms with Gasteiger partial charge in [-0.25, -0.2) is 0 Å². The standard InChI is InChI=1S/C20H19Cl2N3O4S/c1-25-19(11-7-16(27-2)18(29-4)17(8-11)28-3)23-24-20(25)30-10-15(26)13-6-5-12(21)9-14(13)22/h5-9H,10H2,1-4H3. The average molecular weight is 468 g/mol. The van der Waals surface area contributed by atoms with Gasteiger partial charge in [-0.1, -0.05) is 35.0 Å². The van der Waals surface area contributed by atoms with Gasteiger partial charge >= 0.3 is 0 Å². The van der Waals surface area contributed by atoms with E-state index in [1.807, 2.05) is 7.05 Å². The zero-order valence-corrected chi connectivity index (χ0v) is 19.1. The van der Waals surface area contributed by atoms with Crippen LogP contribution in [0.3, 0.4) is 0 Å². The van der Waals surface area contributed by atoms with Crippen molar-refractivity contribution in [3.05, 3.63) is 45.9 Å². The molecule has 0 atom stereocenters. The van der Waals surface area contributed by atoms with Crippen molar-refractivity contribution in [2.24, 2.45) is 7.05 Å². The fourth-order valence-corrected chi connectivity index (χ4v) is 4.13. The Bertz CT molecular complexity index is 1060. The second-order valence-electron chi connectivity index (χ2n) is 6.12. The number of aromatic nitrogens is 3. The predicted molar refractivity (Wildman–Crippen MR) is 118 cm³/mol. The van der Waals surface area contributed by atoms with Crippen LogP contribution in [-0.4, -0.2) is 47.6 Å². The van der Waals surface area contributed by atoms with Gasteiger partial charge in [0.15, 0.2) is 28.3 Å². The summed E-state index contributed by atoms with van der Waals surface area (Å²) in [7, 11) is 6.46. The highest BCUT2D eigenvalue weighted by Crippen LogP contribution is 2.41. The zero-order chi connectivity index (χ0) is 21.8. The van der Waals surface area contributed by atoms with Gasteiger partial charge < -0.3 is 18.8 Å². The summed E-state index contributed by atoms with van der Waals surface area (Å²) in [6.07, 6.45) is 0. The Kier molecular flexibility index (Phi) is 7.12. The maximum atomic E-state index is 12.5. The number of halogens is 2. The number of nitrogens with zero attached hydrogens (tertiary/aromatic N) is 3. The monoisotopic (exact) mass is 467 g/mol. The molecule has 2 aromatic carbocycles. The Morgan fingerprint density at radius 2 is 1.70 bits per heavy atom. The Hall–Kier alpha value is -2.42. The van der Waals surface area contributed by atoms with Crippen molar-refractivity contribution in [1.29, 1.82) is 0 Å². The number of thioether (sulfide) groups is 1. The minimum absolute atomic E-state index is 0.126. The lowest BCUT2D eigenvalue weighted by molar-refractivity contribution is 0.102. The van der Waals surface area contributed by atoms with Crippen LogP contribution in [0.5, 0.6) is 17.2 Å². The number of hydrogen-bond donors (Lipinski definition) is 0. The summed E-state index contributed by atoms with van der Waals surface area (Å²) in [5, 5.41) is 9.85. The van der Waals surface area contributed by atoms with Crippen molar-refractivity contribution in [3.63, 3.8) is 0 Å². The first-order valence-electron chi connectivity index (χ1n) is 8.70. The highest BCUT2D eigenvalue weighted by Gasteiger charge is 2.19. The molecular weight excluding hydrogens is 449 g/mol. The minimum Gasteiger partial charge on any atom is -0.493 e. The molecular formula is C20H19Cl2N3O4S. The van der Waals surface area contributed by atoms with Crippen LogP contribution in [0.4, 0.5) is 0 Å². The number of ketones is 1. The molecule has 0 unspecified atom stereocenters. The fraction of sp³-hybridized carbons (Fsp3) is 0.250. The number of carbonyl (C=O) groups excluding carboxylic acids is 1. The first-order chi connectivity index (χ1) is 14.4. The van der Waals surface area contributed by atoms with E-state index in [0.29, 0.717) is 43.8 Å². The smallest absolute Gasteiger partial charge is 0.203 e. The average Bonchev–Trinajstić information content (AvgIpc) is 3.11. The number of benzene rings is 2. The predicted octanol–water partition coefficient (Wildman–Crippen LogP) is 4.79. The molecule has 10 heteroatoms. The van der Waals surface area contributed by atoms with Crippen molar-refractivity contribution in [2.45, 2.75) is 5.16 Å². The van der Waals surface area contributed by atoms with Crippen molar-refractivity contribution in [3.8, 4) is 28.6 Å². The Morgan fingerprint density at radius 1 is 1.03 bits per heavy atom. The second-order valence-corrected chi connectivity index (χ2v) is 7.90. The van der Waals surface area contributed by atoms with Crippen molar-refractivity contribution < 1.29 is 19.0 Å². The number of hydrogen-bond acceptors (Lipinski definition) is 7. The van der Waals surface area contributed by atoms with Gasteiger partial charge in [0.25, 0.3) is 0 Å². The molecule has 1 aromatic heterocycles. The van der Waals surface area contributed by atoms with E-state index in [1.165, 1.54) is 11.8 Å². The number of methoxy groups -OCH3 is 3. The van der Waals surface area contributed by atoms with E-state index >= 15 is 0 Å². The highest BCUT2D eigenvalue weighted by atomic mass is 35.5. The van der Waals surface area contributed by atoms with Gasteiger partial charge in [0.05, 0.1) is 32.1 Å². The lowest BCUT2D eigenvalue weighted by atomic mass is 10.1.